The number of nitrogens with one attached hydrogen (secondary N) is 1. The highest BCUT2D eigenvalue weighted by Crippen LogP contribution is 2.24. The van der Waals surface area contributed by atoms with Crippen molar-refractivity contribution in [3.8, 4) is 5.75 Å². The fourth-order valence-electron chi connectivity index (χ4n) is 3.47. The normalized spacial score (nSPS) is 14.8. The van der Waals surface area contributed by atoms with Crippen LogP contribution >= 0.6 is 0 Å². The van der Waals surface area contributed by atoms with Gasteiger partial charge in [0.25, 0.3) is 0 Å². The molecular formula is C22H23N3O3. The summed E-state index contributed by atoms with van der Waals surface area (Å²) in [7, 11) is 0. The van der Waals surface area contributed by atoms with E-state index in [4.69, 9.17) is 9.84 Å². The van der Waals surface area contributed by atoms with Gasteiger partial charge in [-0.2, -0.15) is 0 Å². The molecule has 0 saturated carbocycles. The van der Waals surface area contributed by atoms with Gasteiger partial charge in [0.15, 0.2) is 0 Å². The van der Waals surface area contributed by atoms with Crippen LogP contribution in [0.15, 0.2) is 60.8 Å². The fourth-order valence-corrected chi connectivity index (χ4v) is 3.47. The zero-order valence-electron chi connectivity index (χ0n) is 15.5. The average molecular weight is 377 g/mol. The lowest BCUT2D eigenvalue weighted by Gasteiger charge is -2.31. The Balaban J connectivity index is 1.42. The van der Waals surface area contributed by atoms with Gasteiger partial charge in [0.1, 0.15) is 12.4 Å². The van der Waals surface area contributed by atoms with Crippen LogP contribution in [0.4, 0.5) is 10.5 Å². The first-order chi connectivity index (χ1) is 13.7. The van der Waals surface area contributed by atoms with E-state index in [0.717, 1.165) is 40.7 Å². The first-order valence-corrected chi connectivity index (χ1v) is 9.48. The van der Waals surface area contributed by atoms with Gasteiger partial charge < -0.3 is 20.1 Å². The Morgan fingerprint density at radius 3 is 2.68 bits per heavy atom. The molecule has 2 N–H and O–H groups in total. The fraction of sp³-hybridized carbons (Fsp3) is 0.273. The van der Waals surface area contributed by atoms with Crippen LogP contribution in [0.1, 0.15) is 18.4 Å². The number of hydrogen-bond donors (Lipinski definition) is 2. The number of pyridine rings is 1. The highest BCUT2D eigenvalue weighted by Gasteiger charge is 2.22. The first-order valence-electron chi connectivity index (χ1n) is 9.48. The van der Waals surface area contributed by atoms with E-state index in [-0.39, 0.29) is 6.04 Å². The third kappa shape index (κ3) is 4.34. The molecule has 2 aromatic carbocycles. The van der Waals surface area contributed by atoms with E-state index in [9.17, 15) is 4.79 Å². The molecule has 1 aromatic heterocycles. The molecule has 0 spiro atoms. The largest absolute Gasteiger partial charge is 0.489 e. The van der Waals surface area contributed by atoms with Gasteiger partial charge in [0.05, 0.1) is 17.4 Å². The predicted octanol–water partition coefficient (Wildman–Crippen LogP) is 4.37. The van der Waals surface area contributed by atoms with E-state index in [2.05, 4.69) is 16.4 Å². The molecule has 1 aliphatic heterocycles. The maximum Gasteiger partial charge on any atom is 0.407 e. The lowest BCUT2D eigenvalue weighted by molar-refractivity contribution is 0.134. The summed E-state index contributed by atoms with van der Waals surface area (Å²) in [4.78, 5) is 17.0. The van der Waals surface area contributed by atoms with Gasteiger partial charge >= 0.3 is 6.09 Å². The number of anilines is 1. The van der Waals surface area contributed by atoms with Crippen LogP contribution in [0.25, 0.3) is 10.9 Å². The number of ether oxygens (including phenoxy) is 1. The smallest absolute Gasteiger partial charge is 0.407 e. The molecule has 0 aliphatic carbocycles. The Kier molecular flexibility index (Phi) is 5.28. The van der Waals surface area contributed by atoms with E-state index in [0.29, 0.717) is 19.7 Å². The van der Waals surface area contributed by atoms with Gasteiger partial charge in [-0.05, 0) is 42.7 Å². The molecule has 1 amide bonds. The van der Waals surface area contributed by atoms with Gasteiger partial charge in [-0.1, -0.05) is 30.3 Å². The van der Waals surface area contributed by atoms with Crippen molar-refractivity contribution in [3.63, 3.8) is 0 Å². The Bertz CT molecular complexity index is 954. The lowest BCUT2D eigenvalue weighted by Crippen LogP contribution is -2.41. The van der Waals surface area contributed by atoms with E-state index in [1.54, 1.807) is 0 Å². The molecule has 1 saturated heterocycles. The maximum atomic E-state index is 11.0. The Labute approximate surface area is 163 Å². The summed E-state index contributed by atoms with van der Waals surface area (Å²) in [6, 6.07) is 18.3. The minimum absolute atomic E-state index is 0.257. The number of piperidine rings is 1. The second-order valence-corrected chi connectivity index (χ2v) is 7.04. The second-order valence-electron chi connectivity index (χ2n) is 7.04. The number of likely N-dealkylation sites (tertiary alicyclic amines) is 1. The molecule has 6 nitrogen and oxygen atoms in total. The molecule has 2 heterocycles. The van der Waals surface area contributed by atoms with Crippen LogP contribution < -0.4 is 10.1 Å². The second kappa shape index (κ2) is 8.17. The minimum atomic E-state index is -0.839. The van der Waals surface area contributed by atoms with E-state index >= 15 is 0 Å². The zero-order valence-corrected chi connectivity index (χ0v) is 15.5. The number of amides is 1. The third-order valence-electron chi connectivity index (χ3n) is 5.04. The molecule has 28 heavy (non-hydrogen) atoms. The van der Waals surface area contributed by atoms with Gasteiger partial charge in [-0.3, -0.25) is 4.98 Å². The Morgan fingerprint density at radius 1 is 1.14 bits per heavy atom. The number of carbonyl (C=O) groups is 1. The highest BCUT2D eigenvalue weighted by molar-refractivity contribution is 5.83. The van der Waals surface area contributed by atoms with Crippen molar-refractivity contribution >= 4 is 22.7 Å². The van der Waals surface area contributed by atoms with Gasteiger partial charge in [-0.15, -0.1) is 0 Å². The minimum Gasteiger partial charge on any atom is -0.489 e. The monoisotopic (exact) mass is 377 g/mol. The predicted molar refractivity (Wildman–Crippen MR) is 109 cm³/mol. The summed E-state index contributed by atoms with van der Waals surface area (Å²) in [6.45, 7) is 1.65. The quantitative estimate of drug-likeness (QED) is 0.691. The van der Waals surface area contributed by atoms with E-state index in [1.165, 1.54) is 4.90 Å². The molecule has 4 rings (SSSR count). The van der Waals surface area contributed by atoms with Crippen LogP contribution in [-0.4, -0.2) is 40.2 Å². The number of carboxylic acid groups (broad SMARTS) is 1. The number of aromatic nitrogens is 1. The summed E-state index contributed by atoms with van der Waals surface area (Å²) in [5, 5.41) is 13.6. The Hall–Kier alpha value is -3.28. The van der Waals surface area contributed by atoms with Gasteiger partial charge in [0, 0.05) is 24.5 Å². The molecule has 1 aliphatic rings. The van der Waals surface area contributed by atoms with E-state index < -0.39 is 6.09 Å². The van der Waals surface area contributed by atoms with Crippen LogP contribution in [0, 0.1) is 0 Å². The van der Waals surface area contributed by atoms with Crippen molar-refractivity contribution in [1.82, 2.24) is 9.88 Å². The molecule has 6 heteroatoms. The Morgan fingerprint density at radius 2 is 1.93 bits per heavy atom. The molecule has 0 bridgehead atoms. The molecule has 0 unspecified atom stereocenters. The molecule has 1 fully saturated rings. The van der Waals surface area contributed by atoms with Crippen LogP contribution in [-0.2, 0) is 6.61 Å². The van der Waals surface area contributed by atoms with Gasteiger partial charge in [-0.25, -0.2) is 4.79 Å². The summed E-state index contributed by atoms with van der Waals surface area (Å²) in [5.74, 6) is 0.810. The van der Waals surface area contributed by atoms with Gasteiger partial charge in [0.2, 0.25) is 0 Å². The number of fused-ring (bicyclic) bond motifs is 1. The van der Waals surface area contributed by atoms with Crippen molar-refractivity contribution in [2.24, 2.45) is 0 Å². The van der Waals surface area contributed by atoms with Crippen molar-refractivity contribution < 1.29 is 14.6 Å². The van der Waals surface area contributed by atoms with Crippen molar-refractivity contribution in [1.29, 1.82) is 0 Å². The van der Waals surface area contributed by atoms with Crippen molar-refractivity contribution in [2.75, 3.05) is 18.4 Å². The zero-order chi connectivity index (χ0) is 19.3. The number of nitrogens with zero attached hydrogens (tertiary/aromatic N) is 2. The summed E-state index contributed by atoms with van der Waals surface area (Å²) in [5.41, 5.74) is 2.99. The highest BCUT2D eigenvalue weighted by atomic mass is 16.5. The molecule has 0 atom stereocenters. The number of benzene rings is 2. The maximum absolute atomic E-state index is 11.0. The SMILES string of the molecule is O=C(O)N1CCC(Nc2cnc3ccc(OCc4ccccc4)cc3c2)CC1. The molecule has 0 radical (unpaired) electrons. The molecule has 144 valence electrons. The summed E-state index contributed by atoms with van der Waals surface area (Å²) >= 11 is 0. The van der Waals surface area contributed by atoms with Crippen LogP contribution in [0.3, 0.4) is 0 Å². The third-order valence-corrected chi connectivity index (χ3v) is 5.04. The summed E-state index contributed by atoms with van der Waals surface area (Å²) in [6.07, 6.45) is 2.58. The van der Waals surface area contributed by atoms with Crippen molar-refractivity contribution in [3.05, 3.63) is 66.4 Å². The lowest BCUT2D eigenvalue weighted by atomic mass is 10.0. The number of hydrogen-bond acceptors (Lipinski definition) is 4. The number of rotatable bonds is 5. The van der Waals surface area contributed by atoms with Crippen LogP contribution in [0.5, 0.6) is 5.75 Å². The summed E-state index contributed by atoms with van der Waals surface area (Å²) < 4.78 is 5.91. The molecule has 3 aromatic rings. The topological polar surface area (TPSA) is 74.7 Å². The average Bonchev–Trinajstić information content (AvgIpc) is 2.73. The first kappa shape index (κ1) is 18.1. The molecular weight excluding hydrogens is 354 g/mol. The van der Waals surface area contributed by atoms with E-state index in [1.807, 2.05) is 54.7 Å². The van der Waals surface area contributed by atoms with Crippen LogP contribution in [0.2, 0.25) is 0 Å². The van der Waals surface area contributed by atoms with Crippen molar-refractivity contribution in [2.45, 2.75) is 25.5 Å². The standard InChI is InChI=1S/C22H23N3O3/c26-22(27)25-10-8-18(9-11-25)24-19-12-17-13-20(6-7-21(17)23-14-19)28-15-16-4-2-1-3-5-16/h1-7,12-14,18,24H,8-11,15H2,(H,26,27).